The van der Waals surface area contributed by atoms with Crippen LogP contribution in [0.1, 0.15) is 24.1 Å². The molecule has 3 N–H and O–H groups in total. The second kappa shape index (κ2) is 9.25. The number of hydrogen-bond donors (Lipinski definition) is 3. The molecular weight excluding hydrogens is 422 g/mol. The number of nitro groups is 1. The molecule has 3 rings (SSSR count). The van der Waals surface area contributed by atoms with E-state index in [-0.39, 0.29) is 29.2 Å². The van der Waals surface area contributed by atoms with Crippen LogP contribution < -0.4 is 20.1 Å². The van der Waals surface area contributed by atoms with Gasteiger partial charge in [0.2, 0.25) is 5.75 Å². The lowest BCUT2D eigenvalue weighted by Gasteiger charge is -2.28. The van der Waals surface area contributed by atoms with Crippen molar-refractivity contribution in [2.75, 3.05) is 14.2 Å². The molecule has 0 spiro atoms. The largest absolute Gasteiger partial charge is 0.500 e. The normalized spacial score (nSPS) is 15.5. The summed E-state index contributed by atoms with van der Waals surface area (Å²) >= 11 is 0. The number of aromatic hydroxyl groups is 1. The smallest absolute Gasteiger partial charge is 0.338 e. The van der Waals surface area contributed by atoms with Crippen LogP contribution in [-0.4, -0.2) is 36.2 Å². The predicted octanol–water partition coefficient (Wildman–Crippen LogP) is 2.69. The Morgan fingerprint density at radius 2 is 1.88 bits per heavy atom. The van der Waals surface area contributed by atoms with E-state index in [1.807, 2.05) is 0 Å². The van der Waals surface area contributed by atoms with Gasteiger partial charge in [0.25, 0.3) is 0 Å². The number of hydrogen-bond acceptors (Lipinski definition) is 8. The van der Waals surface area contributed by atoms with Crippen LogP contribution in [-0.2, 0) is 16.1 Å². The van der Waals surface area contributed by atoms with Gasteiger partial charge in [-0.2, -0.15) is 0 Å². The number of carbonyl (C=O) groups is 2. The van der Waals surface area contributed by atoms with Crippen molar-refractivity contribution in [3.63, 3.8) is 0 Å². The molecule has 1 heterocycles. The number of nitro benzene ring substituents is 1. The first-order chi connectivity index (χ1) is 15.2. The fourth-order valence-corrected chi connectivity index (χ4v) is 3.24. The lowest BCUT2D eigenvalue weighted by Crippen LogP contribution is -2.45. The number of benzene rings is 2. The molecule has 1 atom stereocenters. The molecule has 11 heteroatoms. The van der Waals surface area contributed by atoms with Crippen molar-refractivity contribution in [1.29, 1.82) is 0 Å². The molecule has 0 aliphatic carbocycles. The van der Waals surface area contributed by atoms with Crippen molar-refractivity contribution in [3.05, 3.63) is 68.9 Å². The molecule has 1 unspecified atom stereocenters. The number of rotatable bonds is 7. The Morgan fingerprint density at radius 3 is 2.47 bits per heavy atom. The summed E-state index contributed by atoms with van der Waals surface area (Å²) in [6, 6.07) is 7.62. The summed E-state index contributed by atoms with van der Waals surface area (Å²) in [4.78, 5) is 35.6. The Hall–Kier alpha value is -4.28. The predicted molar refractivity (Wildman–Crippen MR) is 111 cm³/mol. The molecule has 1 aliphatic heterocycles. The molecule has 0 aromatic heterocycles. The summed E-state index contributed by atoms with van der Waals surface area (Å²) in [5.41, 5.74) is 0.532. The molecule has 0 saturated carbocycles. The van der Waals surface area contributed by atoms with Crippen molar-refractivity contribution in [1.82, 2.24) is 10.6 Å². The molecule has 32 heavy (non-hydrogen) atoms. The van der Waals surface area contributed by atoms with Gasteiger partial charge in [0.05, 0.1) is 30.8 Å². The number of ether oxygens (including phenoxy) is 3. The van der Waals surface area contributed by atoms with E-state index in [2.05, 4.69) is 10.6 Å². The Balaban J connectivity index is 1.93. The minimum Gasteiger partial charge on any atom is -0.500 e. The Bertz CT molecular complexity index is 1090. The van der Waals surface area contributed by atoms with Crippen molar-refractivity contribution in [2.24, 2.45) is 0 Å². The molecule has 0 radical (unpaired) electrons. The quantitative estimate of drug-likeness (QED) is 0.336. The van der Waals surface area contributed by atoms with Gasteiger partial charge in [-0.3, -0.25) is 10.1 Å². The highest BCUT2D eigenvalue weighted by Gasteiger charge is 2.34. The maximum Gasteiger partial charge on any atom is 0.338 e. The first-order valence-electron chi connectivity index (χ1n) is 9.38. The van der Waals surface area contributed by atoms with E-state index >= 15 is 0 Å². The highest BCUT2D eigenvalue weighted by Crippen LogP contribution is 2.40. The van der Waals surface area contributed by atoms with Gasteiger partial charge in [0, 0.05) is 11.8 Å². The third kappa shape index (κ3) is 4.56. The van der Waals surface area contributed by atoms with Crippen LogP contribution in [0, 0.1) is 10.1 Å². The second-order valence-electron chi connectivity index (χ2n) is 6.84. The van der Waals surface area contributed by atoms with Crippen LogP contribution >= 0.6 is 0 Å². The Kier molecular flexibility index (Phi) is 6.47. The van der Waals surface area contributed by atoms with Gasteiger partial charge in [-0.1, -0.05) is 12.1 Å². The van der Waals surface area contributed by atoms with E-state index in [0.717, 1.165) is 6.07 Å². The number of nitrogens with zero attached hydrogens (tertiary/aromatic N) is 1. The molecule has 168 valence electrons. The maximum absolute atomic E-state index is 12.9. The molecule has 0 bridgehead atoms. The zero-order valence-electron chi connectivity index (χ0n) is 17.5. The zero-order chi connectivity index (χ0) is 23.4. The van der Waals surface area contributed by atoms with E-state index in [1.54, 1.807) is 24.3 Å². The fourth-order valence-electron chi connectivity index (χ4n) is 3.24. The number of esters is 1. The van der Waals surface area contributed by atoms with Crippen LogP contribution in [0.5, 0.6) is 17.2 Å². The molecular formula is C21H21N3O8. The lowest BCUT2D eigenvalue weighted by atomic mass is 9.94. The molecule has 0 fully saturated rings. The van der Waals surface area contributed by atoms with Crippen LogP contribution in [0.25, 0.3) is 0 Å². The number of amides is 2. The van der Waals surface area contributed by atoms with Crippen LogP contribution in [0.15, 0.2) is 47.7 Å². The third-order valence-electron chi connectivity index (χ3n) is 4.85. The molecule has 0 saturated heterocycles. The summed E-state index contributed by atoms with van der Waals surface area (Å²) in [5, 5.41) is 26.4. The number of urea groups is 1. The summed E-state index contributed by atoms with van der Waals surface area (Å²) < 4.78 is 15.5. The van der Waals surface area contributed by atoms with Gasteiger partial charge in [0.15, 0.2) is 5.75 Å². The third-order valence-corrected chi connectivity index (χ3v) is 4.85. The molecule has 11 nitrogen and oxygen atoms in total. The summed E-state index contributed by atoms with van der Waals surface area (Å²) in [6.07, 6.45) is 0. The fraction of sp³-hybridized carbons (Fsp3) is 0.238. The molecule has 2 aromatic carbocycles. The van der Waals surface area contributed by atoms with Crippen molar-refractivity contribution in [3.8, 4) is 17.2 Å². The number of allylic oxidation sites excluding steroid dienone is 1. The van der Waals surface area contributed by atoms with Gasteiger partial charge >= 0.3 is 17.7 Å². The number of phenols is 1. The minimum atomic E-state index is -1.07. The van der Waals surface area contributed by atoms with E-state index in [0.29, 0.717) is 11.3 Å². The first-order valence-corrected chi connectivity index (χ1v) is 9.38. The number of phenolic OH excluding ortho intramolecular Hbond substituents is 1. The first kappa shape index (κ1) is 22.4. The maximum atomic E-state index is 12.9. The van der Waals surface area contributed by atoms with Gasteiger partial charge in [0.1, 0.15) is 12.4 Å². The average Bonchev–Trinajstić information content (AvgIpc) is 2.77. The zero-order valence-corrected chi connectivity index (χ0v) is 17.5. The second-order valence-corrected chi connectivity index (χ2v) is 6.84. The van der Waals surface area contributed by atoms with Crippen molar-refractivity contribution >= 4 is 17.7 Å². The molecule has 1 aliphatic rings. The number of methoxy groups -OCH3 is 2. The standard InChI is InChI=1S/C21H21N3O8/c1-11-17(20(26)32-10-12-4-6-14(30-2)7-5-12)18(23-21(27)22-11)13-8-15(24(28)29)19(25)16(9-13)31-3/h4-9,18,25H,10H2,1-3H3,(H2,22,23,27). The van der Waals surface area contributed by atoms with Crippen molar-refractivity contribution in [2.45, 2.75) is 19.6 Å². The average molecular weight is 443 g/mol. The highest BCUT2D eigenvalue weighted by molar-refractivity contribution is 5.95. The summed E-state index contributed by atoms with van der Waals surface area (Å²) in [7, 11) is 2.77. The van der Waals surface area contributed by atoms with Gasteiger partial charge < -0.3 is 30.0 Å². The van der Waals surface area contributed by atoms with E-state index < -0.39 is 34.4 Å². The van der Waals surface area contributed by atoms with Gasteiger partial charge in [-0.05, 0) is 36.2 Å². The van der Waals surface area contributed by atoms with Crippen LogP contribution in [0.4, 0.5) is 10.5 Å². The minimum absolute atomic E-state index is 0.0423. The topological polar surface area (TPSA) is 149 Å². The SMILES string of the molecule is COc1ccc(COC(=O)C2=C(C)NC(=O)NC2c2cc(OC)c(O)c([N+](=O)[O-])c2)cc1. The van der Waals surface area contributed by atoms with Gasteiger partial charge in [-0.25, -0.2) is 9.59 Å². The monoisotopic (exact) mass is 443 g/mol. The number of nitrogens with one attached hydrogen (secondary N) is 2. The van der Waals surface area contributed by atoms with E-state index in [4.69, 9.17) is 14.2 Å². The lowest BCUT2D eigenvalue weighted by molar-refractivity contribution is -0.386. The van der Waals surface area contributed by atoms with Crippen molar-refractivity contribution < 1.29 is 33.8 Å². The van der Waals surface area contributed by atoms with E-state index in [9.17, 15) is 24.8 Å². The van der Waals surface area contributed by atoms with Gasteiger partial charge in [-0.15, -0.1) is 0 Å². The number of carbonyl (C=O) groups excluding carboxylic acids is 2. The molecule has 2 amide bonds. The Morgan fingerprint density at radius 1 is 1.19 bits per heavy atom. The Labute approximate surface area is 182 Å². The summed E-state index contributed by atoms with van der Waals surface area (Å²) in [5.74, 6) is -0.914. The highest BCUT2D eigenvalue weighted by atomic mass is 16.6. The van der Waals surface area contributed by atoms with Crippen LogP contribution in [0.3, 0.4) is 0 Å². The summed E-state index contributed by atoms with van der Waals surface area (Å²) in [6.45, 7) is 1.47. The van der Waals surface area contributed by atoms with E-state index in [1.165, 1.54) is 27.2 Å². The molecule has 2 aromatic rings. The van der Waals surface area contributed by atoms with Crippen LogP contribution in [0.2, 0.25) is 0 Å².